The van der Waals surface area contributed by atoms with Crippen LogP contribution < -0.4 is 60.3 Å². The third-order valence-electron chi connectivity index (χ3n) is 31.8. The average molecular weight is 1960 g/mol. The molecular weight excluding hydrogens is 1840 g/mol. The Morgan fingerprint density at radius 1 is 0.618 bits per heavy atom. The number of thiazole rings is 2. The van der Waals surface area contributed by atoms with Crippen molar-refractivity contribution in [3.8, 4) is 0 Å². The first kappa shape index (κ1) is 99.1. The molecule has 22 rings (SSSR count). The minimum atomic E-state index is -5.74. The number of aromatic nitrogens is 11. The smallest absolute Gasteiger partial charge is 0.479 e. The van der Waals surface area contributed by atoms with Crippen molar-refractivity contribution >= 4 is 95.5 Å². The van der Waals surface area contributed by atoms with Gasteiger partial charge in [0.25, 0.3) is 5.91 Å². The van der Waals surface area contributed by atoms with E-state index in [0.29, 0.717) is 48.8 Å². The molecule has 12 aliphatic carbocycles. The molecule has 1 amide bonds. The number of carbonyl (C=O) groups is 4. The van der Waals surface area contributed by atoms with Crippen LogP contribution in [0.25, 0.3) is 38.9 Å². The van der Waals surface area contributed by atoms with Gasteiger partial charge in [-0.25, -0.2) is 44.8 Å². The summed E-state index contributed by atoms with van der Waals surface area (Å²) in [6.07, 6.45) is 38.5. The predicted octanol–water partition coefficient (Wildman–Crippen LogP) is 3.38. The number of unbranched alkanes of at least 4 members (excludes halogenated alkanes) is 1. The SMILES string of the molecule is C[C@]12Cc3cnoc3C=C1CCC1C2[C@@H](O)C[C@@]2(C)C1CC[C@]2(O)C(=O)CO.C[C@]12Cc3cnoc3C=C1CCC1C2[C@@H](O)C[C@@]2(C)C1CC[C@]2(O)C(=O)Nc1nc2cccnc2s1.C[C@]12Cc3cnoc3C=C1CCC1C2[C@@H](O)C[C@@]2(C)C1CC[C@]2(O)C(=O)O.Nc1nc2cccnc2s1.O=C(n1ccnc1)n1ccnc1.OC1CCCO1.[CH2-]CCC.[HH].[HH].[Li+].[O-][I+3]([O-])([O-])OOO. The fraction of sp³-hybridized carbons (Fsp3) is 0.582. The van der Waals surface area contributed by atoms with Crippen molar-refractivity contribution in [1.29, 1.82) is 0 Å². The van der Waals surface area contributed by atoms with E-state index in [2.05, 4.69) is 112 Å². The molecule has 13 aliphatic rings. The number of ether oxygens (including phenoxy) is 1. The molecule has 131 heavy (non-hydrogen) atoms. The van der Waals surface area contributed by atoms with E-state index in [1.54, 1.807) is 55.8 Å². The molecule has 10 fully saturated rings. The number of imidazole rings is 2. The number of aliphatic carboxylic acids is 1. The molecule has 0 radical (unpaired) electrons. The van der Waals surface area contributed by atoms with Crippen LogP contribution in [-0.2, 0) is 46.6 Å². The van der Waals surface area contributed by atoms with Crippen LogP contribution in [0.5, 0.6) is 0 Å². The van der Waals surface area contributed by atoms with Crippen LogP contribution in [0.3, 0.4) is 0 Å². The Kier molecular flexibility index (Phi) is 29.6. The number of nitrogens with zero attached hydrogens (tertiary/aromatic N) is 11. The van der Waals surface area contributed by atoms with Crippen molar-refractivity contribution in [2.24, 2.45) is 85.8 Å². The maximum atomic E-state index is 13.6. The summed E-state index contributed by atoms with van der Waals surface area (Å²) in [5.41, 5.74) is 6.71. The molecular formula is C91H119ILiN13O23S2. The number of nitrogens with one attached hydrogen (secondary N) is 1. The average Bonchev–Trinajstić information content (AvgIpc) is 1.60. The van der Waals surface area contributed by atoms with Gasteiger partial charge in [-0.2, -0.15) is 6.42 Å². The van der Waals surface area contributed by atoms with Crippen LogP contribution in [0.1, 0.15) is 207 Å². The zero-order valence-corrected chi connectivity index (χ0v) is 78.3. The van der Waals surface area contributed by atoms with E-state index in [1.807, 2.05) is 45.0 Å². The topological polar surface area (TPSA) is 571 Å². The van der Waals surface area contributed by atoms with Gasteiger partial charge in [0.15, 0.2) is 45.2 Å². The number of hydrogen-bond acceptors (Lipinski definition) is 34. The minimum absolute atomic E-state index is 0. The largest absolute Gasteiger partial charge is 1.00 e. The Bertz CT molecular complexity index is 5530. The van der Waals surface area contributed by atoms with Crippen LogP contribution in [0, 0.1) is 92.7 Å². The molecule has 0 spiro atoms. The number of halogens is 1. The third-order valence-corrected chi connectivity index (χ3v) is 34.1. The number of carboxylic acid groups (broad SMARTS) is 1. The van der Waals surface area contributed by atoms with E-state index in [-0.39, 0.29) is 104 Å². The number of rotatable bonds is 8. The quantitative estimate of drug-likeness (QED) is 0.0341. The molecule has 10 heterocycles. The number of carbonyl (C=O) groups excluding carboxylic acids is 3. The number of amides is 1. The summed E-state index contributed by atoms with van der Waals surface area (Å²) in [4.78, 5) is 75.4. The second-order valence-electron chi connectivity index (χ2n) is 38.3. The van der Waals surface area contributed by atoms with E-state index in [4.69, 9.17) is 34.4 Å². The summed E-state index contributed by atoms with van der Waals surface area (Å²) >= 11 is -3.03. The van der Waals surface area contributed by atoms with Gasteiger partial charge < -0.3 is 76.9 Å². The third kappa shape index (κ3) is 18.3. The zero-order valence-electron chi connectivity index (χ0n) is 74.5. The van der Waals surface area contributed by atoms with Gasteiger partial charge in [0, 0.05) is 91.0 Å². The number of nitrogen functional groups attached to an aromatic ring is 1. The molecule has 0 aromatic carbocycles. The van der Waals surface area contributed by atoms with Crippen molar-refractivity contribution in [2.45, 2.75) is 231 Å². The molecule has 9 aromatic rings. The van der Waals surface area contributed by atoms with Crippen molar-refractivity contribution in [1.82, 2.24) is 54.5 Å². The monoisotopic (exact) mass is 1960 g/mol. The first-order valence-electron chi connectivity index (χ1n) is 44.3. The Balaban J connectivity index is 0.000000149. The van der Waals surface area contributed by atoms with Crippen LogP contribution in [0.2, 0.25) is 0 Å². The van der Waals surface area contributed by atoms with Gasteiger partial charge in [-0.3, -0.25) is 34.3 Å². The van der Waals surface area contributed by atoms with Gasteiger partial charge in [0.1, 0.15) is 51.2 Å². The predicted molar refractivity (Wildman–Crippen MR) is 465 cm³/mol. The molecule has 40 heteroatoms. The number of allylic oxidation sites excluding steroid dienone is 3. The van der Waals surface area contributed by atoms with Gasteiger partial charge in [-0.1, -0.05) is 110 Å². The standard InChI is InChI=1S/C27H30N4O4S.C22H29NO5.C21H27NO5.C7H6N4O.C6H5N3S.C4H8O2.C4H9.HIO6.Li.2H2/c1-25-11-14-13-29-35-20(14)10-15(25)5-6-16-17-7-8-27(34,26(17,2)12-19(32)21(16)25)23(33)31-24-30-18-4-3-9-28-22(18)36-24;1-20-8-12-10-23-28-17(12)7-13(20)3-4-14-15-5-6-22(27,18(26)11-24)21(15,2)9-16(25)19(14)20;1-19-8-11-10-22-27-16(11)7-12(19)3-4-13-14-5-6-21(26,18(24)25)20(14,2)9-15(23)17(13)19;12-7(10-3-1-8-5-10)11-4-2-9-6-11;7-6-9-4-2-1-3-8-5(4)10-6;5-4-2-1-3-6-4;1-3-4-2;2-1(3,4)6-7-5;;;/h3-4,9-10,13,16-17,19,21,32,34H,5-8,11-12H2,1-2H3,(H,30,31,33);7,10,14-16,19,24-25,27H,3-6,8-9,11H2,1-2H3;7,10,13-15,17,23,26H,3-6,8-9H2,1-2H3,(H,24,25);1-6H;1-3H,(H2,7,9);4-5H,1-3H2;1,3-4H2,2H3;5H;;2*1H/q;;;;;;-1;;+1;;/t16?,17?,19-,21?,25-,26-,27-;14?,15?,16-,19?,20-,21-,22-;13?,14?,15-,17?,19-,20-,21-;;;;;;;;/m000......../s1. The fourth-order valence-corrected chi connectivity index (χ4v) is 27.3. The summed E-state index contributed by atoms with van der Waals surface area (Å²) in [6, 6.07) is 7.22. The second-order valence-corrected chi connectivity index (χ2v) is 42.8. The Hall–Kier alpha value is -7.84. The number of nitrogens with two attached hydrogens (primary N) is 1. The van der Waals surface area contributed by atoms with E-state index in [9.17, 15) is 70.3 Å². The first-order valence-corrected chi connectivity index (χ1v) is 49.5. The van der Waals surface area contributed by atoms with Gasteiger partial charge in [0.05, 0.1) is 36.9 Å². The number of ketones is 1. The van der Waals surface area contributed by atoms with Gasteiger partial charge in [0.2, 0.25) is 3.22 Å². The van der Waals surface area contributed by atoms with Crippen LogP contribution in [-0.4, -0.2) is 184 Å². The molecule has 9 saturated carbocycles. The molecule has 36 nitrogen and oxygen atoms in total. The van der Waals surface area contributed by atoms with Crippen LogP contribution >= 0.6 is 22.7 Å². The molecule has 1 saturated heterocycles. The number of anilines is 2. The number of carboxylic acids is 1. The minimum Gasteiger partial charge on any atom is -0.479 e. The molecule has 1 aliphatic heterocycles. The molecule has 9 aromatic heterocycles. The summed E-state index contributed by atoms with van der Waals surface area (Å²) in [6.45, 7) is 18.4. The Morgan fingerprint density at radius 2 is 1.03 bits per heavy atom. The Labute approximate surface area is 785 Å². The zero-order chi connectivity index (χ0) is 93.1. The molecule has 0 bridgehead atoms. The van der Waals surface area contributed by atoms with Crippen LogP contribution in [0.4, 0.5) is 15.1 Å². The van der Waals surface area contributed by atoms with E-state index >= 15 is 0 Å². The summed E-state index contributed by atoms with van der Waals surface area (Å²) in [5, 5.41) is 122. The summed E-state index contributed by atoms with van der Waals surface area (Å²) in [5.74, 6) is 1.80. The number of hydrogen-bond donors (Lipinski definition) is 12. The van der Waals surface area contributed by atoms with Gasteiger partial charge >= 0.3 is 51.0 Å². The number of fused-ring (bicyclic) bond motifs is 20. The molecule has 13 N–H and O–H groups in total. The fourth-order valence-electron chi connectivity index (χ4n) is 25.7. The summed E-state index contributed by atoms with van der Waals surface area (Å²) < 4.78 is 54.2. The normalized spacial score (nSPS) is 34.8. The van der Waals surface area contributed by atoms with Crippen molar-refractivity contribution in [3.63, 3.8) is 0 Å². The van der Waals surface area contributed by atoms with E-state index < -0.39 is 102 Å². The molecule has 22 atom stereocenters. The Morgan fingerprint density at radius 3 is 1.38 bits per heavy atom. The number of aliphatic hydroxyl groups excluding tert-OH is 5. The molecule has 706 valence electrons. The maximum absolute atomic E-state index is 13.6. The van der Waals surface area contributed by atoms with Crippen molar-refractivity contribution in [3.05, 3.63) is 150 Å². The number of aliphatic hydroxyl groups is 8. The first-order chi connectivity index (χ1) is 61.8. The number of Topliss-reactive ketones (excluding diaryl/α,β-unsaturated/α-hetero) is 1. The maximum Gasteiger partial charge on any atom is 1.00 e. The van der Waals surface area contributed by atoms with Gasteiger partial charge in [-0.15, -0.1) is 0 Å². The second kappa shape index (κ2) is 39.1. The van der Waals surface area contributed by atoms with Gasteiger partial charge in [-0.05, 0) is 234 Å². The van der Waals surface area contributed by atoms with E-state index in [0.717, 1.165) is 151 Å². The van der Waals surface area contributed by atoms with E-state index in [1.165, 1.54) is 67.6 Å². The van der Waals surface area contributed by atoms with Crippen LogP contribution in [0.15, 0.2) is 123 Å². The summed E-state index contributed by atoms with van der Waals surface area (Å²) in [7, 11) is 0. The van der Waals surface area contributed by atoms with Crippen molar-refractivity contribution in [2.75, 3.05) is 24.3 Å². The van der Waals surface area contributed by atoms with Crippen molar-refractivity contribution < 1.29 is 149 Å². The number of pyridine rings is 2. The molecule has 10 unspecified atom stereocenters.